The molecule has 1 saturated heterocycles. The molecular weight excluding hydrogens is 402 g/mol. The molecule has 4 rings (SSSR count). The molecule has 6 heteroatoms. The Morgan fingerprint density at radius 1 is 1.09 bits per heavy atom. The Hall–Kier alpha value is -2.44. The molecule has 1 aromatic heterocycles. The third-order valence-electron chi connectivity index (χ3n) is 6.42. The highest BCUT2D eigenvalue weighted by molar-refractivity contribution is 5.76. The summed E-state index contributed by atoms with van der Waals surface area (Å²) in [7, 11) is 0. The van der Waals surface area contributed by atoms with Gasteiger partial charge in [0.15, 0.2) is 0 Å². The van der Waals surface area contributed by atoms with Crippen molar-refractivity contribution in [2.75, 3.05) is 39.5 Å². The van der Waals surface area contributed by atoms with E-state index in [1.165, 1.54) is 25.7 Å². The predicted octanol–water partition coefficient (Wildman–Crippen LogP) is 3.90. The number of morpholine rings is 1. The first kappa shape index (κ1) is 22.7. The Morgan fingerprint density at radius 3 is 2.72 bits per heavy atom. The SMILES string of the molecule is O=C(CC1CCCC1)N(Cc1cccc(OCCN2CCOCC2)c1)Cc1ccccn1. The van der Waals surface area contributed by atoms with Crippen molar-refractivity contribution in [2.45, 2.75) is 45.2 Å². The summed E-state index contributed by atoms with van der Waals surface area (Å²) in [6.07, 6.45) is 7.29. The second-order valence-corrected chi connectivity index (χ2v) is 8.88. The highest BCUT2D eigenvalue weighted by Gasteiger charge is 2.23. The van der Waals surface area contributed by atoms with Crippen molar-refractivity contribution in [3.05, 3.63) is 59.9 Å². The minimum Gasteiger partial charge on any atom is -0.492 e. The maximum absolute atomic E-state index is 13.2. The van der Waals surface area contributed by atoms with Gasteiger partial charge in [0, 0.05) is 38.8 Å². The average molecular weight is 438 g/mol. The molecule has 1 aromatic carbocycles. The van der Waals surface area contributed by atoms with E-state index < -0.39 is 0 Å². The van der Waals surface area contributed by atoms with Crippen molar-refractivity contribution in [1.82, 2.24) is 14.8 Å². The molecule has 0 radical (unpaired) electrons. The molecule has 1 aliphatic carbocycles. The van der Waals surface area contributed by atoms with Gasteiger partial charge in [0.25, 0.3) is 0 Å². The molecule has 32 heavy (non-hydrogen) atoms. The zero-order valence-electron chi connectivity index (χ0n) is 19.0. The van der Waals surface area contributed by atoms with Crippen LogP contribution in [0.3, 0.4) is 0 Å². The summed E-state index contributed by atoms with van der Waals surface area (Å²) in [5, 5.41) is 0. The zero-order chi connectivity index (χ0) is 22.0. The summed E-state index contributed by atoms with van der Waals surface area (Å²) in [6, 6.07) is 14.0. The molecule has 0 atom stereocenters. The predicted molar refractivity (Wildman–Crippen MR) is 124 cm³/mol. The van der Waals surface area contributed by atoms with E-state index in [1.807, 2.05) is 35.2 Å². The van der Waals surface area contributed by atoms with Crippen molar-refractivity contribution in [2.24, 2.45) is 5.92 Å². The fraction of sp³-hybridized carbons (Fsp3) is 0.538. The molecule has 1 aliphatic heterocycles. The van der Waals surface area contributed by atoms with Crippen LogP contribution in [0.1, 0.15) is 43.4 Å². The number of hydrogen-bond acceptors (Lipinski definition) is 5. The second-order valence-electron chi connectivity index (χ2n) is 8.88. The normalized spacial score (nSPS) is 17.4. The van der Waals surface area contributed by atoms with Crippen LogP contribution in [0.25, 0.3) is 0 Å². The molecule has 0 spiro atoms. The first-order valence-electron chi connectivity index (χ1n) is 12.0. The number of nitrogens with zero attached hydrogens (tertiary/aromatic N) is 3. The van der Waals surface area contributed by atoms with Crippen LogP contribution < -0.4 is 4.74 Å². The van der Waals surface area contributed by atoms with E-state index in [-0.39, 0.29) is 5.91 Å². The van der Waals surface area contributed by atoms with Gasteiger partial charge >= 0.3 is 0 Å². The zero-order valence-corrected chi connectivity index (χ0v) is 19.0. The van der Waals surface area contributed by atoms with Crippen LogP contribution in [0.2, 0.25) is 0 Å². The first-order valence-corrected chi connectivity index (χ1v) is 12.0. The Morgan fingerprint density at radius 2 is 1.94 bits per heavy atom. The van der Waals surface area contributed by atoms with Crippen LogP contribution in [0, 0.1) is 5.92 Å². The number of benzene rings is 1. The van der Waals surface area contributed by atoms with E-state index in [0.717, 1.165) is 49.9 Å². The summed E-state index contributed by atoms with van der Waals surface area (Å²) in [6.45, 7) is 6.20. The van der Waals surface area contributed by atoms with Gasteiger partial charge in [0.1, 0.15) is 12.4 Å². The van der Waals surface area contributed by atoms with Crippen LogP contribution in [0.15, 0.2) is 48.7 Å². The van der Waals surface area contributed by atoms with Gasteiger partial charge in [-0.1, -0.05) is 31.0 Å². The van der Waals surface area contributed by atoms with Crippen molar-refractivity contribution in [1.29, 1.82) is 0 Å². The summed E-state index contributed by atoms with van der Waals surface area (Å²) in [5.41, 5.74) is 2.01. The molecule has 1 amide bonds. The first-order chi connectivity index (χ1) is 15.8. The Balaban J connectivity index is 1.36. The van der Waals surface area contributed by atoms with Gasteiger partial charge in [-0.3, -0.25) is 14.7 Å². The van der Waals surface area contributed by atoms with Gasteiger partial charge < -0.3 is 14.4 Å². The summed E-state index contributed by atoms with van der Waals surface area (Å²) in [4.78, 5) is 22.0. The molecule has 2 aliphatic rings. The number of pyridine rings is 1. The largest absolute Gasteiger partial charge is 0.492 e. The molecule has 2 fully saturated rings. The molecule has 172 valence electrons. The molecular formula is C26H35N3O3. The Kier molecular flexibility index (Phi) is 8.51. The van der Waals surface area contributed by atoms with Gasteiger partial charge in [-0.05, 0) is 48.6 Å². The molecule has 2 heterocycles. The number of ether oxygens (including phenoxy) is 2. The minimum atomic E-state index is 0.223. The number of carbonyl (C=O) groups is 1. The van der Waals surface area contributed by atoms with Gasteiger partial charge in [0.05, 0.1) is 25.5 Å². The topological polar surface area (TPSA) is 54.9 Å². The second kappa shape index (κ2) is 12.0. The van der Waals surface area contributed by atoms with Crippen LogP contribution in [-0.2, 0) is 22.6 Å². The lowest BCUT2D eigenvalue weighted by Crippen LogP contribution is -2.38. The maximum Gasteiger partial charge on any atom is 0.223 e. The highest BCUT2D eigenvalue weighted by atomic mass is 16.5. The van der Waals surface area contributed by atoms with Gasteiger partial charge in [-0.25, -0.2) is 0 Å². The number of hydrogen-bond donors (Lipinski definition) is 0. The smallest absolute Gasteiger partial charge is 0.223 e. The lowest BCUT2D eigenvalue weighted by Gasteiger charge is -2.26. The van der Waals surface area contributed by atoms with Crippen LogP contribution in [0.4, 0.5) is 0 Å². The lowest BCUT2D eigenvalue weighted by molar-refractivity contribution is -0.133. The number of amides is 1. The molecule has 1 saturated carbocycles. The number of aromatic nitrogens is 1. The molecule has 0 unspecified atom stereocenters. The minimum absolute atomic E-state index is 0.223. The van der Waals surface area contributed by atoms with Crippen molar-refractivity contribution in [3.63, 3.8) is 0 Å². The van der Waals surface area contributed by atoms with Crippen molar-refractivity contribution >= 4 is 5.91 Å². The van der Waals surface area contributed by atoms with E-state index >= 15 is 0 Å². The summed E-state index contributed by atoms with van der Waals surface area (Å²) in [5.74, 6) is 1.61. The molecule has 0 bridgehead atoms. The quantitative estimate of drug-likeness (QED) is 0.564. The fourth-order valence-electron chi connectivity index (χ4n) is 4.58. The third-order valence-corrected chi connectivity index (χ3v) is 6.42. The molecule has 0 N–H and O–H groups in total. The molecule has 6 nitrogen and oxygen atoms in total. The maximum atomic E-state index is 13.2. The fourth-order valence-corrected chi connectivity index (χ4v) is 4.58. The van der Waals surface area contributed by atoms with E-state index in [2.05, 4.69) is 22.0 Å². The number of carbonyl (C=O) groups excluding carboxylic acids is 1. The van der Waals surface area contributed by atoms with Crippen molar-refractivity contribution < 1.29 is 14.3 Å². The lowest BCUT2D eigenvalue weighted by atomic mass is 10.0. The van der Waals surface area contributed by atoms with Crippen LogP contribution in [-0.4, -0.2) is 60.1 Å². The summed E-state index contributed by atoms with van der Waals surface area (Å²) < 4.78 is 11.4. The number of rotatable bonds is 10. The summed E-state index contributed by atoms with van der Waals surface area (Å²) >= 11 is 0. The van der Waals surface area contributed by atoms with Gasteiger partial charge in [-0.2, -0.15) is 0 Å². The monoisotopic (exact) mass is 437 g/mol. The Bertz CT molecular complexity index is 833. The average Bonchev–Trinajstić information content (AvgIpc) is 3.33. The van der Waals surface area contributed by atoms with Crippen LogP contribution in [0.5, 0.6) is 5.75 Å². The van der Waals surface area contributed by atoms with E-state index in [9.17, 15) is 4.79 Å². The van der Waals surface area contributed by atoms with Crippen molar-refractivity contribution in [3.8, 4) is 5.75 Å². The van der Waals surface area contributed by atoms with Gasteiger partial charge in [-0.15, -0.1) is 0 Å². The Labute approximate surface area is 191 Å². The van der Waals surface area contributed by atoms with Gasteiger partial charge in [0.2, 0.25) is 5.91 Å². The highest BCUT2D eigenvalue weighted by Crippen LogP contribution is 2.28. The van der Waals surface area contributed by atoms with Crippen LogP contribution >= 0.6 is 0 Å². The standard InChI is InChI=1S/C26H35N3O3/c30-26(19-22-6-1-2-7-22)29(21-24-9-3-4-11-27-24)20-23-8-5-10-25(18-23)32-17-14-28-12-15-31-16-13-28/h3-5,8-11,18,22H,1-2,6-7,12-17,19-21H2. The molecule has 2 aromatic rings. The van der Waals surface area contributed by atoms with E-state index in [1.54, 1.807) is 6.20 Å². The third kappa shape index (κ3) is 7.04. The van der Waals surface area contributed by atoms with E-state index in [4.69, 9.17) is 9.47 Å². The van der Waals surface area contributed by atoms with E-state index in [0.29, 0.717) is 32.0 Å².